The van der Waals surface area contributed by atoms with Crippen molar-refractivity contribution in [2.75, 3.05) is 0 Å². The van der Waals surface area contributed by atoms with Gasteiger partial charge in [0.25, 0.3) is 0 Å². The number of H-pyrrole nitrogens is 1. The van der Waals surface area contributed by atoms with E-state index in [1.54, 1.807) is 6.08 Å². The molecule has 3 rings (SSSR count). The van der Waals surface area contributed by atoms with Crippen LogP contribution in [0, 0.1) is 0 Å². The maximum absolute atomic E-state index is 10.8. The number of imidazole rings is 1. The van der Waals surface area contributed by atoms with E-state index in [0.29, 0.717) is 6.42 Å². The minimum absolute atomic E-state index is 0.357. The molecule has 0 spiro atoms. The number of nitrogens with one attached hydrogen (secondary N) is 2. The van der Waals surface area contributed by atoms with E-state index >= 15 is 0 Å². The van der Waals surface area contributed by atoms with Gasteiger partial charge in [-0.15, -0.1) is 0 Å². The Hall–Kier alpha value is -2.63. The molecule has 1 fully saturated rings. The first kappa shape index (κ1) is 14.3. The van der Waals surface area contributed by atoms with E-state index < -0.39 is 5.97 Å². The maximum atomic E-state index is 10.8. The number of benzene rings is 1. The van der Waals surface area contributed by atoms with Crippen molar-refractivity contribution in [1.82, 2.24) is 15.3 Å². The first-order valence-corrected chi connectivity index (χ1v) is 7.23. The zero-order chi connectivity index (χ0) is 15.6. The van der Waals surface area contributed by atoms with Gasteiger partial charge in [-0.25, -0.2) is 9.78 Å². The summed E-state index contributed by atoms with van der Waals surface area (Å²) in [6.07, 6.45) is 6.88. The Kier molecular flexibility index (Phi) is 3.66. The quantitative estimate of drug-likeness (QED) is 0.560. The molecule has 2 aromatic rings. The van der Waals surface area contributed by atoms with Crippen molar-refractivity contribution in [3.05, 3.63) is 41.7 Å². The number of amides is 1. The van der Waals surface area contributed by atoms with Gasteiger partial charge < -0.3 is 15.4 Å². The molecule has 1 aliphatic rings. The molecule has 1 amide bonds. The minimum Gasteiger partial charge on any atom is -0.478 e. The number of carbonyl (C=O) groups excluding carboxylic acids is 1. The van der Waals surface area contributed by atoms with Crippen LogP contribution in [0.15, 0.2) is 30.4 Å². The predicted molar refractivity (Wildman–Crippen MR) is 81.3 cm³/mol. The van der Waals surface area contributed by atoms with Gasteiger partial charge in [-0.3, -0.25) is 4.79 Å². The number of fused-ring (bicyclic) bond motifs is 1. The lowest BCUT2D eigenvalue weighted by atomic mass is 9.76. The Labute approximate surface area is 127 Å². The van der Waals surface area contributed by atoms with Crippen LogP contribution in [-0.2, 0) is 21.5 Å². The zero-order valence-corrected chi connectivity index (χ0v) is 12.0. The van der Waals surface area contributed by atoms with E-state index in [0.717, 1.165) is 54.2 Å². The second-order valence-electron chi connectivity index (χ2n) is 5.58. The molecule has 1 aromatic heterocycles. The molecule has 0 bridgehead atoms. The zero-order valence-electron chi connectivity index (χ0n) is 12.0. The van der Waals surface area contributed by atoms with Crippen LogP contribution in [0.4, 0.5) is 0 Å². The molecular formula is C16H17N3O3. The molecule has 0 atom stereocenters. The highest BCUT2D eigenvalue weighted by molar-refractivity contribution is 5.80. The predicted octanol–water partition coefficient (Wildman–Crippen LogP) is 1.87. The van der Waals surface area contributed by atoms with Gasteiger partial charge in [-0.2, -0.15) is 0 Å². The van der Waals surface area contributed by atoms with E-state index in [2.05, 4.69) is 15.3 Å². The number of rotatable bonds is 6. The molecule has 114 valence electrons. The summed E-state index contributed by atoms with van der Waals surface area (Å²) in [5, 5.41) is 11.5. The molecule has 6 nitrogen and oxygen atoms in total. The van der Waals surface area contributed by atoms with Crippen LogP contribution in [0.3, 0.4) is 0 Å². The molecule has 1 aromatic carbocycles. The van der Waals surface area contributed by atoms with E-state index in [9.17, 15) is 9.59 Å². The lowest BCUT2D eigenvalue weighted by Crippen LogP contribution is -2.48. The number of hydrogen-bond acceptors (Lipinski definition) is 3. The summed E-state index contributed by atoms with van der Waals surface area (Å²) in [5.74, 6) is -0.157. The number of aromatic nitrogens is 2. The first-order valence-electron chi connectivity index (χ1n) is 7.23. The molecule has 0 aliphatic heterocycles. The third-order valence-electron chi connectivity index (χ3n) is 4.16. The molecule has 3 N–H and O–H groups in total. The molecule has 0 unspecified atom stereocenters. The van der Waals surface area contributed by atoms with Crippen LogP contribution >= 0.6 is 0 Å². The number of aliphatic carboxylic acids is 1. The van der Waals surface area contributed by atoms with Gasteiger partial charge in [0.1, 0.15) is 5.82 Å². The lowest BCUT2D eigenvalue weighted by Gasteiger charge is -2.39. The number of carbonyl (C=O) groups is 2. The maximum Gasteiger partial charge on any atom is 0.327 e. The topological polar surface area (TPSA) is 95.1 Å². The van der Waals surface area contributed by atoms with Crippen LogP contribution in [0.2, 0.25) is 0 Å². The van der Waals surface area contributed by atoms with Crippen molar-refractivity contribution >= 4 is 23.4 Å². The van der Waals surface area contributed by atoms with Gasteiger partial charge in [0.2, 0.25) is 6.41 Å². The average Bonchev–Trinajstić information content (AvgIpc) is 2.85. The normalized spacial score (nSPS) is 16.5. The van der Waals surface area contributed by atoms with Crippen LogP contribution in [-0.4, -0.2) is 27.5 Å². The van der Waals surface area contributed by atoms with E-state index in [-0.39, 0.29) is 5.54 Å². The highest BCUT2D eigenvalue weighted by Crippen LogP contribution is 2.40. The van der Waals surface area contributed by atoms with Crippen molar-refractivity contribution in [3.63, 3.8) is 0 Å². The van der Waals surface area contributed by atoms with Crippen molar-refractivity contribution in [2.24, 2.45) is 0 Å². The van der Waals surface area contributed by atoms with Crippen molar-refractivity contribution in [1.29, 1.82) is 0 Å². The Bertz CT molecular complexity index is 744. The van der Waals surface area contributed by atoms with Crippen LogP contribution < -0.4 is 5.32 Å². The van der Waals surface area contributed by atoms with Crippen LogP contribution in [0.25, 0.3) is 11.0 Å². The summed E-state index contributed by atoms with van der Waals surface area (Å²) in [5.41, 5.74) is 2.39. The Morgan fingerprint density at radius 3 is 2.91 bits per heavy atom. The van der Waals surface area contributed by atoms with Gasteiger partial charge in [-0.1, -0.05) is 12.1 Å². The van der Waals surface area contributed by atoms with E-state index in [1.807, 2.05) is 18.2 Å². The molecule has 1 saturated carbocycles. The molecular weight excluding hydrogens is 282 g/mol. The van der Waals surface area contributed by atoms with Gasteiger partial charge in [0.15, 0.2) is 0 Å². The highest BCUT2D eigenvalue weighted by atomic mass is 16.4. The largest absolute Gasteiger partial charge is 0.478 e. The lowest BCUT2D eigenvalue weighted by molar-refractivity contribution is -0.131. The Morgan fingerprint density at radius 2 is 2.27 bits per heavy atom. The molecule has 0 saturated heterocycles. The summed E-state index contributed by atoms with van der Waals surface area (Å²) in [6.45, 7) is 0. The molecule has 6 heteroatoms. The molecule has 1 heterocycles. The van der Waals surface area contributed by atoms with Crippen molar-refractivity contribution in [3.8, 4) is 0 Å². The molecule has 22 heavy (non-hydrogen) atoms. The Balaban J connectivity index is 1.87. The molecule has 0 radical (unpaired) electrons. The highest BCUT2D eigenvalue weighted by Gasteiger charge is 2.41. The van der Waals surface area contributed by atoms with E-state index in [1.165, 1.54) is 0 Å². The monoisotopic (exact) mass is 299 g/mol. The van der Waals surface area contributed by atoms with Crippen molar-refractivity contribution < 1.29 is 14.7 Å². The number of carboxylic acid groups (broad SMARTS) is 1. The van der Waals surface area contributed by atoms with Gasteiger partial charge >= 0.3 is 5.97 Å². The number of aromatic amines is 1. The summed E-state index contributed by atoms with van der Waals surface area (Å²) in [6, 6.07) is 5.80. The smallest absolute Gasteiger partial charge is 0.327 e. The second-order valence-corrected chi connectivity index (χ2v) is 5.58. The first-order chi connectivity index (χ1) is 10.6. The van der Waals surface area contributed by atoms with Crippen LogP contribution in [0.1, 0.15) is 30.7 Å². The average molecular weight is 299 g/mol. The van der Waals surface area contributed by atoms with Gasteiger partial charge in [0.05, 0.1) is 16.6 Å². The number of carboxylic acids is 1. The molecule has 1 aliphatic carbocycles. The second kappa shape index (κ2) is 5.63. The number of allylic oxidation sites excluding steroid dienone is 1. The fourth-order valence-corrected chi connectivity index (χ4v) is 2.80. The standard InChI is InChI=1S/C16H17N3O3/c20-10-17-16(7-2-8-16)15-18-12-6-5-11(9-13(12)19-15)3-1-4-14(21)22/h1,4-6,9-10H,2-3,7-8H2,(H,17,20)(H,18,19)(H,21,22). The third-order valence-corrected chi connectivity index (χ3v) is 4.16. The van der Waals surface area contributed by atoms with Crippen molar-refractivity contribution in [2.45, 2.75) is 31.2 Å². The number of hydrogen-bond donors (Lipinski definition) is 3. The summed E-state index contributed by atoms with van der Waals surface area (Å²) < 4.78 is 0. The summed E-state index contributed by atoms with van der Waals surface area (Å²) in [7, 11) is 0. The van der Waals surface area contributed by atoms with E-state index in [4.69, 9.17) is 5.11 Å². The number of nitrogens with zero attached hydrogens (tertiary/aromatic N) is 1. The Morgan fingerprint density at radius 1 is 1.45 bits per heavy atom. The van der Waals surface area contributed by atoms with Gasteiger partial charge in [-0.05, 0) is 43.4 Å². The minimum atomic E-state index is -0.947. The fourth-order valence-electron chi connectivity index (χ4n) is 2.80. The summed E-state index contributed by atoms with van der Waals surface area (Å²) >= 11 is 0. The van der Waals surface area contributed by atoms with Gasteiger partial charge in [0, 0.05) is 6.08 Å². The SMILES string of the molecule is O=CNC1(c2nc3ccc(CC=CC(=O)O)cc3[nH]2)CCC1. The fraction of sp³-hybridized carbons (Fsp3) is 0.312. The summed E-state index contributed by atoms with van der Waals surface area (Å²) in [4.78, 5) is 29.2. The van der Waals surface area contributed by atoms with Crippen LogP contribution in [0.5, 0.6) is 0 Å². The third kappa shape index (κ3) is 2.59.